The van der Waals surface area contributed by atoms with Gasteiger partial charge in [-0.2, -0.15) is 5.10 Å². The summed E-state index contributed by atoms with van der Waals surface area (Å²) < 4.78 is 5.41. The van der Waals surface area contributed by atoms with E-state index in [1.807, 2.05) is 31.2 Å². The molecule has 2 heterocycles. The molecule has 0 fully saturated rings. The molecule has 0 spiro atoms. The number of aromatic nitrogens is 2. The summed E-state index contributed by atoms with van der Waals surface area (Å²) in [6.45, 7) is 3.55. The number of para-hydroxylation sites is 1. The van der Waals surface area contributed by atoms with Crippen LogP contribution in [0.15, 0.2) is 53.3 Å². The number of nitrogens with one attached hydrogen (secondary N) is 1. The Balaban J connectivity index is 1.49. The van der Waals surface area contributed by atoms with Gasteiger partial charge >= 0.3 is 5.97 Å². The Kier molecular flexibility index (Phi) is 4.88. The molecule has 0 unspecified atom stereocenters. The van der Waals surface area contributed by atoms with Gasteiger partial charge in [0.15, 0.2) is 6.10 Å². The van der Waals surface area contributed by atoms with E-state index < -0.39 is 12.1 Å². The zero-order valence-corrected chi connectivity index (χ0v) is 16.2. The Bertz CT molecular complexity index is 1150. The number of anilines is 1. The van der Waals surface area contributed by atoms with Crippen LogP contribution in [0.4, 0.5) is 5.69 Å². The molecule has 29 heavy (non-hydrogen) atoms. The lowest BCUT2D eigenvalue weighted by molar-refractivity contribution is -0.153. The second kappa shape index (κ2) is 7.50. The monoisotopic (exact) mass is 391 g/mol. The summed E-state index contributed by atoms with van der Waals surface area (Å²) in [5, 5.41) is 7.43. The van der Waals surface area contributed by atoms with E-state index >= 15 is 0 Å². The highest BCUT2D eigenvalue weighted by Crippen LogP contribution is 2.32. The van der Waals surface area contributed by atoms with Crippen LogP contribution >= 0.6 is 0 Å². The van der Waals surface area contributed by atoms with Gasteiger partial charge in [-0.3, -0.25) is 14.4 Å². The highest BCUT2D eigenvalue weighted by Gasteiger charge is 2.34. The van der Waals surface area contributed by atoms with Gasteiger partial charge in [0.05, 0.1) is 17.5 Å². The predicted molar refractivity (Wildman–Crippen MR) is 109 cm³/mol. The number of amides is 1. The maximum atomic E-state index is 12.9. The van der Waals surface area contributed by atoms with Gasteiger partial charge in [0.25, 0.3) is 11.5 Å². The third-order valence-electron chi connectivity index (χ3n) is 5.19. The SMILES string of the molecule is C[C@H](OC(=O)Cc1n[nH]c(=O)c2ccccc12)C(=O)N1c2ccccc2C[C@H]1C. The molecule has 0 radical (unpaired) electrons. The quantitative estimate of drug-likeness (QED) is 0.690. The molecule has 7 heteroatoms. The number of rotatable bonds is 4. The van der Waals surface area contributed by atoms with Crippen molar-refractivity contribution in [2.75, 3.05) is 4.90 Å². The van der Waals surface area contributed by atoms with E-state index in [1.165, 1.54) is 0 Å². The molecule has 0 saturated heterocycles. The summed E-state index contributed by atoms with van der Waals surface area (Å²) in [6, 6.07) is 14.7. The summed E-state index contributed by atoms with van der Waals surface area (Å²) in [4.78, 5) is 39.0. The molecule has 148 valence electrons. The summed E-state index contributed by atoms with van der Waals surface area (Å²) >= 11 is 0. The smallest absolute Gasteiger partial charge is 0.312 e. The molecule has 1 aliphatic heterocycles. The standard InChI is InChI=1S/C22H21N3O4/c1-13-11-15-7-3-6-10-19(15)25(13)22(28)14(2)29-20(26)12-18-16-8-4-5-9-17(16)21(27)24-23-18/h3-10,13-14H,11-12H2,1-2H3,(H,24,27)/t13-,14+/m1/s1. The maximum Gasteiger partial charge on any atom is 0.312 e. The Hall–Kier alpha value is -3.48. The number of carbonyl (C=O) groups is 2. The molecule has 1 aromatic heterocycles. The Morgan fingerprint density at radius 1 is 1.17 bits per heavy atom. The molecule has 1 N–H and O–H groups in total. The fourth-order valence-corrected chi connectivity index (χ4v) is 3.83. The lowest BCUT2D eigenvalue weighted by Gasteiger charge is -2.25. The van der Waals surface area contributed by atoms with Crippen LogP contribution in [0, 0.1) is 0 Å². The second-order valence-electron chi connectivity index (χ2n) is 7.24. The first-order valence-corrected chi connectivity index (χ1v) is 9.52. The zero-order chi connectivity index (χ0) is 20.5. The van der Waals surface area contributed by atoms with E-state index in [0.717, 1.165) is 17.7 Å². The first-order valence-electron chi connectivity index (χ1n) is 9.52. The average Bonchev–Trinajstić information content (AvgIpc) is 3.05. The van der Waals surface area contributed by atoms with Crippen molar-refractivity contribution < 1.29 is 14.3 Å². The van der Waals surface area contributed by atoms with Gasteiger partial charge < -0.3 is 9.64 Å². The van der Waals surface area contributed by atoms with Crippen molar-refractivity contribution in [3.05, 3.63) is 70.1 Å². The molecule has 7 nitrogen and oxygen atoms in total. The second-order valence-corrected chi connectivity index (χ2v) is 7.24. The number of ether oxygens (including phenoxy) is 1. The molecule has 0 saturated carbocycles. The van der Waals surface area contributed by atoms with E-state index in [-0.39, 0.29) is 23.9 Å². The maximum absolute atomic E-state index is 12.9. The van der Waals surface area contributed by atoms with Crippen LogP contribution in [0.25, 0.3) is 10.8 Å². The largest absolute Gasteiger partial charge is 0.452 e. The summed E-state index contributed by atoms with van der Waals surface area (Å²) in [5.74, 6) is -0.828. The number of esters is 1. The number of aromatic amines is 1. The van der Waals surface area contributed by atoms with Crippen LogP contribution in [0.1, 0.15) is 25.1 Å². The third-order valence-corrected chi connectivity index (χ3v) is 5.19. The van der Waals surface area contributed by atoms with Crippen LogP contribution < -0.4 is 10.5 Å². The number of fused-ring (bicyclic) bond motifs is 2. The lowest BCUT2D eigenvalue weighted by Crippen LogP contribution is -2.43. The summed E-state index contributed by atoms with van der Waals surface area (Å²) in [7, 11) is 0. The summed E-state index contributed by atoms with van der Waals surface area (Å²) in [6.07, 6.45) is -0.290. The highest BCUT2D eigenvalue weighted by atomic mass is 16.5. The molecule has 2 aromatic carbocycles. The third kappa shape index (κ3) is 3.51. The van der Waals surface area contributed by atoms with Gasteiger partial charge in [0, 0.05) is 17.1 Å². The fourth-order valence-electron chi connectivity index (χ4n) is 3.83. The topological polar surface area (TPSA) is 92.4 Å². The molecule has 3 aromatic rings. The molecule has 1 amide bonds. The molecular weight excluding hydrogens is 370 g/mol. The number of carbonyl (C=O) groups excluding carboxylic acids is 2. The minimum absolute atomic E-state index is 0.00543. The van der Waals surface area contributed by atoms with Crippen LogP contribution in [0.3, 0.4) is 0 Å². The number of H-pyrrole nitrogens is 1. The average molecular weight is 391 g/mol. The Morgan fingerprint density at radius 3 is 2.66 bits per heavy atom. The normalized spacial score (nSPS) is 16.5. The number of benzene rings is 2. The van der Waals surface area contributed by atoms with Gasteiger partial charge in [0.1, 0.15) is 0 Å². The zero-order valence-electron chi connectivity index (χ0n) is 16.2. The van der Waals surface area contributed by atoms with Crippen LogP contribution in [-0.2, 0) is 27.2 Å². The minimum atomic E-state index is -0.926. The molecule has 0 aliphatic carbocycles. The molecule has 0 bridgehead atoms. The first-order chi connectivity index (χ1) is 14.0. The van der Waals surface area contributed by atoms with E-state index in [4.69, 9.17) is 4.74 Å². The first kappa shape index (κ1) is 18.9. The van der Waals surface area contributed by atoms with Gasteiger partial charge in [0.2, 0.25) is 0 Å². The van der Waals surface area contributed by atoms with E-state index in [1.54, 1.807) is 36.1 Å². The van der Waals surface area contributed by atoms with E-state index in [2.05, 4.69) is 10.2 Å². The lowest BCUT2D eigenvalue weighted by atomic mass is 10.1. The number of hydrogen-bond donors (Lipinski definition) is 1. The van der Waals surface area contributed by atoms with Crippen molar-refractivity contribution >= 4 is 28.3 Å². The molecule has 1 aliphatic rings. The van der Waals surface area contributed by atoms with Crippen LogP contribution in [-0.4, -0.2) is 34.2 Å². The molecular formula is C22H21N3O4. The van der Waals surface area contributed by atoms with Crippen LogP contribution in [0.2, 0.25) is 0 Å². The Labute approximate surface area is 167 Å². The van der Waals surface area contributed by atoms with Crippen molar-refractivity contribution in [1.82, 2.24) is 10.2 Å². The van der Waals surface area contributed by atoms with E-state index in [9.17, 15) is 14.4 Å². The van der Waals surface area contributed by atoms with Crippen molar-refractivity contribution in [1.29, 1.82) is 0 Å². The highest BCUT2D eigenvalue weighted by molar-refractivity contribution is 6.00. The van der Waals surface area contributed by atoms with Crippen molar-refractivity contribution in [2.24, 2.45) is 0 Å². The van der Waals surface area contributed by atoms with Gasteiger partial charge in [-0.1, -0.05) is 36.4 Å². The summed E-state index contributed by atoms with van der Waals surface area (Å²) in [5.41, 5.74) is 2.06. The van der Waals surface area contributed by atoms with Gasteiger partial charge in [-0.25, -0.2) is 5.10 Å². The van der Waals surface area contributed by atoms with Gasteiger partial charge in [-0.15, -0.1) is 0 Å². The molecule has 4 rings (SSSR count). The fraction of sp³-hybridized carbons (Fsp3) is 0.273. The van der Waals surface area contributed by atoms with E-state index in [0.29, 0.717) is 16.5 Å². The van der Waals surface area contributed by atoms with Crippen LogP contribution in [0.5, 0.6) is 0 Å². The number of nitrogens with zero attached hydrogens (tertiary/aromatic N) is 2. The van der Waals surface area contributed by atoms with Crippen molar-refractivity contribution in [3.8, 4) is 0 Å². The predicted octanol–water partition coefficient (Wildman–Crippen LogP) is 2.38. The number of hydrogen-bond acceptors (Lipinski definition) is 5. The van der Waals surface area contributed by atoms with Crippen molar-refractivity contribution in [2.45, 2.75) is 38.8 Å². The van der Waals surface area contributed by atoms with Crippen molar-refractivity contribution in [3.63, 3.8) is 0 Å². The Morgan fingerprint density at radius 2 is 1.86 bits per heavy atom. The molecule has 2 atom stereocenters. The van der Waals surface area contributed by atoms with Gasteiger partial charge in [-0.05, 0) is 38.0 Å². The minimum Gasteiger partial charge on any atom is -0.452 e.